The van der Waals surface area contributed by atoms with Crippen LogP contribution < -0.4 is 20.8 Å². The van der Waals surface area contributed by atoms with Crippen LogP contribution in [0.25, 0.3) is 31.0 Å². The van der Waals surface area contributed by atoms with Gasteiger partial charge < -0.3 is 59.3 Å². The van der Waals surface area contributed by atoms with E-state index in [0.29, 0.717) is 85.6 Å². The third-order valence-electron chi connectivity index (χ3n) is 14.0. The molecule has 22 heteroatoms. The van der Waals surface area contributed by atoms with Gasteiger partial charge in [-0.05, 0) is 120 Å². The van der Waals surface area contributed by atoms with Crippen molar-refractivity contribution >= 4 is 68.4 Å². The molecule has 0 spiro atoms. The number of phenols is 2. The van der Waals surface area contributed by atoms with Crippen molar-refractivity contribution in [3.8, 4) is 38.1 Å². The number of nitrogens with zero attached hydrogens (tertiary/aromatic N) is 3. The average Bonchev–Trinajstić information content (AvgIpc) is 2.54. The summed E-state index contributed by atoms with van der Waals surface area (Å²) in [6.45, 7) is 12.1. The Morgan fingerprint density at radius 3 is 1.98 bits per heavy atom. The number of carbonyl (C=O) groups excluding carboxylic acids is 5. The summed E-state index contributed by atoms with van der Waals surface area (Å²) >= 11 is 2.92. The topological polar surface area (TPSA) is 266 Å². The van der Waals surface area contributed by atoms with Crippen LogP contribution in [-0.4, -0.2) is 158 Å². The first-order valence-electron chi connectivity index (χ1n) is 28.2. The number of thiazole rings is 1. The van der Waals surface area contributed by atoms with Gasteiger partial charge in [0.05, 0.1) is 93.9 Å². The van der Waals surface area contributed by atoms with Crippen molar-refractivity contribution in [1.82, 2.24) is 25.9 Å². The summed E-state index contributed by atoms with van der Waals surface area (Å²) in [5, 5.41) is 41.2. The summed E-state index contributed by atoms with van der Waals surface area (Å²) < 4.78 is 34.4. The second kappa shape index (κ2) is 30.9. The molecule has 2 aromatic heterocycles. The molecule has 1 saturated heterocycles. The van der Waals surface area contributed by atoms with Crippen LogP contribution in [0.1, 0.15) is 83.3 Å². The monoisotopic (exact) mass is 1210 g/mol. The molecule has 1 aliphatic heterocycles. The lowest BCUT2D eigenvalue weighted by Gasteiger charge is -2.35. The molecule has 454 valence electrons. The Hall–Kier alpha value is -7.93. The van der Waals surface area contributed by atoms with E-state index in [4.69, 9.17) is 28.4 Å². The number of hydrazone groups is 1. The van der Waals surface area contributed by atoms with Gasteiger partial charge in [-0.2, -0.15) is 5.10 Å². The van der Waals surface area contributed by atoms with Crippen LogP contribution in [0.5, 0.6) is 17.2 Å². The van der Waals surface area contributed by atoms with Crippen molar-refractivity contribution < 1.29 is 67.7 Å². The number of hydrogen-bond donors (Lipinski definition) is 6. The quantitative estimate of drug-likeness (QED) is 0.0107. The lowest BCUT2D eigenvalue weighted by molar-refractivity contribution is -0.144. The smallest absolute Gasteiger partial charge is 0.271 e. The number of aromatic nitrogens is 1. The van der Waals surface area contributed by atoms with E-state index in [9.17, 15) is 39.3 Å². The molecule has 0 aliphatic carbocycles. The van der Waals surface area contributed by atoms with Gasteiger partial charge in [0.25, 0.3) is 5.91 Å². The zero-order valence-corrected chi connectivity index (χ0v) is 50.2. The Labute approximate surface area is 507 Å². The summed E-state index contributed by atoms with van der Waals surface area (Å²) in [5.74, 6) is -1.35. The fraction of sp³-hybridized carbons (Fsp3) is 0.359. The number of aromatic hydroxyl groups is 2. The number of carbonyl (C=O) groups is 5. The number of hydrogen-bond acceptors (Lipinski definition) is 18. The fourth-order valence-corrected chi connectivity index (χ4v) is 11.5. The SMILES string of the molecule is Cc1ncsc1-c1ccc(C(C)NC(=O)C2CC(O)CN2C(=O)C(NC(=O)COCCOCCOCCOCCOCCOc2ccc(C=NNC(=O)c3cccc(C(=O)c4c(-c5ccc(O)cc5)sc5cc(O)ccc45)c3)cc2)C(C)(C)C)cc1. The minimum atomic E-state index is -0.988. The van der Waals surface area contributed by atoms with Crippen molar-refractivity contribution in [3.63, 3.8) is 0 Å². The largest absolute Gasteiger partial charge is 0.508 e. The van der Waals surface area contributed by atoms with Crippen molar-refractivity contribution in [2.24, 2.45) is 10.5 Å². The predicted molar refractivity (Wildman–Crippen MR) is 328 cm³/mol. The Balaban J connectivity index is 0.637. The molecule has 4 amide bonds. The number of ether oxygens (including phenoxy) is 6. The number of likely N-dealkylation sites (tertiary alicyclic amines) is 1. The van der Waals surface area contributed by atoms with E-state index in [2.05, 4.69) is 26.1 Å². The number of aliphatic hydroxyl groups is 1. The number of benzene rings is 5. The van der Waals surface area contributed by atoms with Crippen LogP contribution in [0, 0.1) is 12.3 Å². The molecule has 86 heavy (non-hydrogen) atoms. The molecule has 6 N–H and O–H groups in total. The molecule has 1 fully saturated rings. The predicted octanol–water partition coefficient (Wildman–Crippen LogP) is 8.24. The van der Waals surface area contributed by atoms with Crippen molar-refractivity contribution in [2.75, 3.05) is 79.2 Å². The molecule has 4 unspecified atom stereocenters. The Kier molecular flexibility index (Phi) is 23.0. The zero-order chi connectivity index (χ0) is 61.2. The van der Waals surface area contributed by atoms with Crippen LogP contribution in [0.15, 0.2) is 126 Å². The van der Waals surface area contributed by atoms with Gasteiger partial charge in [-0.1, -0.05) is 57.2 Å². The van der Waals surface area contributed by atoms with Crippen LogP contribution in [-0.2, 0) is 38.1 Å². The maximum Gasteiger partial charge on any atom is 0.271 e. The lowest BCUT2D eigenvalue weighted by atomic mass is 9.85. The van der Waals surface area contributed by atoms with Gasteiger partial charge in [-0.15, -0.1) is 22.7 Å². The molecular weight excluding hydrogens is 1140 g/mol. The summed E-state index contributed by atoms with van der Waals surface area (Å²) in [6, 6.07) is 30.5. The summed E-state index contributed by atoms with van der Waals surface area (Å²) in [4.78, 5) is 75.3. The van der Waals surface area contributed by atoms with E-state index < -0.39 is 41.3 Å². The van der Waals surface area contributed by atoms with E-state index in [1.54, 1.807) is 90.2 Å². The molecule has 0 saturated carbocycles. The number of nitrogens with one attached hydrogen (secondary N) is 3. The highest BCUT2D eigenvalue weighted by Crippen LogP contribution is 2.42. The molecule has 1 aliphatic rings. The number of amides is 4. The third-order valence-corrected chi connectivity index (χ3v) is 16.1. The van der Waals surface area contributed by atoms with Crippen LogP contribution in [0.4, 0.5) is 0 Å². The van der Waals surface area contributed by atoms with E-state index in [1.165, 1.54) is 34.6 Å². The Bertz CT molecular complexity index is 3440. The lowest BCUT2D eigenvalue weighted by Crippen LogP contribution is -2.58. The minimum absolute atomic E-state index is 0.0352. The number of aryl methyl sites for hydroxylation is 1. The first-order chi connectivity index (χ1) is 41.4. The van der Waals surface area contributed by atoms with Gasteiger partial charge in [-0.3, -0.25) is 24.0 Å². The van der Waals surface area contributed by atoms with Gasteiger partial charge in [0.15, 0.2) is 5.78 Å². The first kappa shape index (κ1) is 64.1. The highest BCUT2D eigenvalue weighted by molar-refractivity contribution is 7.22. The number of thiophene rings is 1. The molecule has 4 atom stereocenters. The highest BCUT2D eigenvalue weighted by Gasteiger charge is 2.45. The maximum absolute atomic E-state index is 14.1. The molecular formula is C64H72N6O14S2. The minimum Gasteiger partial charge on any atom is -0.508 e. The third kappa shape index (κ3) is 17.8. The van der Waals surface area contributed by atoms with E-state index >= 15 is 0 Å². The first-order valence-corrected chi connectivity index (χ1v) is 29.9. The number of aliphatic hydroxyl groups excluding tert-OH is 1. The molecule has 3 heterocycles. The summed E-state index contributed by atoms with van der Waals surface area (Å²) in [7, 11) is 0. The molecule has 8 rings (SSSR count). The van der Waals surface area contributed by atoms with Crippen molar-refractivity contribution in [3.05, 3.63) is 154 Å². The number of β-amino-alcohol motifs (C(OH)–C–C–N with tert-alkyl or cyclic N) is 1. The normalized spacial score (nSPS) is 15.0. The second-order valence-electron chi connectivity index (χ2n) is 21.4. The number of fused-ring (bicyclic) bond motifs is 1. The van der Waals surface area contributed by atoms with Gasteiger partial charge in [0.2, 0.25) is 17.7 Å². The van der Waals surface area contributed by atoms with Crippen molar-refractivity contribution in [1.29, 1.82) is 0 Å². The van der Waals surface area contributed by atoms with Gasteiger partial charge in [0, 0.05) is 44.6 Å². The number of phenolic OH excluding ortho intramolecular Hbond substituents is 2. The standard InChI is InChI=1S/C64H72N6O14S2/c1-40(43-11-13-44(14-12-43)58-41(2)65-39-85-58)67-62(77)53-34-50(73)37-70(53)63(78)60(64(3,4)5)68-55(74)38-83-30-29-81-26-25-79-23-24-80-27-28-82-31-32-84-51-20-9-42(10-21-51)36-66-69-61(76)47-8-6-7-46(33-47)57(75)56-52-22-19-49(72)35-54(52)86-59(56)45-15-17-48(71)18-16-45/h6-22,33,35-36,39-40,50,53,60,71-73H,23-32,34,37-38H2,1-5H3,(H,67,77)(H,68,74)(H,69,76). The Morgan fingerprint density at radius 1 is 0.733 bits per heavy atom. The van der Waals surface area contributed by atoms with Crippen LogP contribution >= 0.6 is 22.7 Å². The number of rotatable bonds is 30. The maximum atomic E-state index is 14.1. The molecule has 7 aromatic rings. The fourth-order valence-electron chi connectivity index (χ4n) is 9.43. The molecule has 0 bridgehead atoms. The van der Waals surface area contributed by atoms with Crippen molar-refractivity contribution in [2.45, 2.75) is 65.3 Å². The van der Waals surface area contributed by atoms with Crippen LogP contribution in [0.3, 0.4) is 0 Å². The van der Waals surface area contributed by atoms with E-state index in [-0.39, 0.29) is 67.6 Å². The zero-order valence-electron chi connectivity index (χ0n) is 48.6. The van der Waals surface area contributed by atoms with Gasteiger partial charge >= 0.3 is 0 Å². The van der Waals surface area contributed by atoms with Crippen LogP contribution in [0.2, 0.25) is 0 Å². The molecule has 5 aromatic carbocycles. The average molecular weight is 1210 g/mol. The van der Waals surface area contributed by atoms with Gasteiger partial charge in [0.1, 0.15) is 42.5 Å². The number of ketones is 1. The second-order valence-corrected chi connectivity index (χ2v) is 23.4. The molecule has 0 radical (unpaired) electrons. The molecule has 20 nitrogen and oxygen atoms in total. The Morgan fingerprint density at radius 2 is 1.34 bits per heavy atom. The van der Waals surface area contributed by atoms with Gasteiger partial charge in [-0.25, -0.2) is 10.4 Å². The summed E-state index contributed by atoms with van der Waals surface area (Å²) in [6.07, 6.45) is 0.678. The highest BCUT2D eigenvalue weighted by atomic mass is 32.1. The van der Waals surface area contributed by atoms with E-state index in [0.717, 1.165) is 32.0 Å². The summed E-state index contributed by atoms with van der Waals surface area (Å²) in [5.41, 5.74) is 8.90. The van der Waals surface area contributed by atoms with E-state index in [1.807, 2.05) is 64.4 Å².